The van der Waals surface area contributed by atoms with Crippen molar-refractivity contribution in [3.63, 3.8) is 0 Å². The summed E-state index contributed by atoms with van der Waals surface area (Å²) in [5.74, 6) is -0.993. The summed E-state index contributed by atoms with van der Waals surface area (Å²) in [5.41, 5.74) is 0. The van der Waals surface area contributed by atoms with Gasteiger partial charge in [-0.1, -0.05) is 0 Å². The van der Waals surface area contributed by atoms with E-state index in [0.717, 1.165) is 19.4 Å². The lowest BCUT2D eigenvalue weighted by Crippen LogP contribution is -2.40. The molecule has 0 bridgehead atoms. The molecule has 114 valence electrons. The van der Waals surface area contributed by atoms with E-state index in [1.807, 2.05) is 0 Å². The minimum Gasteiger partial charge on any atom is -0.481 e. The van der Waals surface area contributed by atoms with Gasteiger partial charge in [-0.05, 0) is 25.7 Å². The van der Waals surface area contributed by atoms with Crippen molar-refractivity contribution < 1.29 is 24.2 Å². The molecule has 2 aliphatic rings. The Balaban J connectivity index is 1.57. The van der Waals surface area contributed by atoms with E-state index in [-0.39, 0.29) is 17.9 Å². The number of piperidine rings is 1. The van der Waals surface area contributed by atoms with Crippen molar-refractivity contribution in [3.05, 3.63) is 0 Å². The first-order chi connectivity index (χ1) is 9.66. The van der Waals surface area contributed by atoms with Crippen molar-refractivity contribution >= 4 is 11.9 Å². The summed E-state index contributed by atoms with van der Waals surface area (Å²) in [7, 11) is 0. The standard InChI is InChI=1S/C14H23NO5/c16-13(5-9-19-10-12-2-1-8-20-12)15-6-3-11(4-7-15)14(17)18/h11-12H,1-10H2,(H,17,18)/t12-/m0/s1. The minimum atomic E-state index is -0.753. The number of nitrogens with zero attached hydrogens (tertiary/aromatic N) is 1. The number of amides is 1. The van der Waals surface area contributed by atoms with Gasteiger partial charge in [-0.2, -0.15) is 0 Å². The number of hydrogen-bond acceptors (Lipinski definition) is 4. The SMILES string of the molecule is O=C(O)C1CCN(C(=O)CCOC[C@@H]2CCCO2)CC1. The zero-order valence-corrected chi connectivity index (χ0v) is 11.8. The average Bonchev–Trinajstić information content (AvgIpc) is 2.96. The molecule has 1 N–H and O–H groups in total. The Bertz CT molecular complexity index is 332. The number of ether oxygens (including phenoxy) is 2. The fraction of sp³-hybridized carbons (Fsp3) is 0.857. The maximum absolute atomic E-state index is 11.9. The van der Waals surface area contributed by atoms with Crippen molar-refractivity contribution in [3.8, 4) is 0 Å². The van der Waals surface area contributed by atoms with Gasteiger partial charge in [0.2, 0.25) is 5.91 Å². The van der Waals surface area contributed by atoms with E-state index < -0.39 is 5.97 Å². The van der Waals surface area contributed by atoms with Crippen molar-refractivity contribution in [1.82, 2.24) is 4.90 Å². The number of carboxylic acids is 1. The molecule has 0 unspecified atom stereocenters. The average molecular weight is 285 g/mol. The summed E-state index contributed by atoms with van der Waals surface area (Å²) in [6.07, 6.45) is 3.79. The molecule has 2 rings (SSSR count). The Morgan fingerprint density at radius 1 is 1.25 bits per heavy atom. The number of carbonyl (C=O) groups excluding carboxylic acids is 1. The van der Waals surface area contributed by atoms with E-state index in [4.69, 9.17) is 14.6 Å². The lowest BCUT2D eigenvalue weighted by Gasteiger charge is -2.30. The second kappa shape index (κ2) is 7.59. The summed E-state index contributed by atoms with van der Waals surface area (Å²) in [6.45, 7) is 2.88. The Hall–Kier alpha value is -1.14. The van der Waals surface area contributed by atoms with Crippen LogP contribution in [0, 0.1) is 5.92 Å². The van der Waals surface area contributed by atoms with E-state index in [9.17, 15) is 9.59 Å². The monoisotopic (exact) mass is 285 g/mol. The summed E-state index contributed by atoms with van der Waals surface area (Å²) < 4.78 is 10.9. The number of carbonyl (C=O) groups is 2. The molecule has 1 amide bonds. The van der Waals surface area contributed by atoms with Gasteiger partial charge in [-0.15, -0.1) is 0 Å². The van der Waals surface area contributed by atoms with Crippen LogP contribution in [0.15, 0.2) is 0 Å². The van der Waals surface area contributed by atoms with Gasteiger partial charge in [0.05, 0.1) is 31.7 Å². The Kier molecular flexibility index (Phi) is 5.79. The van der Waals surface area contributed by atoms with Crippen molar-refractivity contribution in [2.45, 2.75) is 38.2 Å². The molecule has 6 heteroatoms. The van der Waals surface area contributed by atoms with Gasteiger partial charge in [0, 0.05) is 19.7 Å². The van der Waals surface area contributed by atoms with Crippen LogP contribution in [0.5, 0.6) is 0 Å². The van der Waals surface area contributed by atoms with Gasteiger partial charge in [0.1, 0.15) is 0 Å². The van der Waals surface area contributed by atoms with Gasteiger partial charge in [0.25, 0.3) is 0 Å². The van der Waals surface area contributed by atoms with Crippen LogP contribution in [0.1, 0.15) is 32.1 Å². The molecule has 0 aromatic heterocycles. The van der Waals surface area contributed by atoms with E-state index in [1.54, 1.807) is 4.90 Å². The molecule has 2 fully saturated rings. The molecule has 6 nitrogen and oxygen atoms in total. The number of carboxylic acid groups (broad SMARTS) is 1. The molecule has 0 radical (unpaired) electrons. The van der Waals surface area contributed by atoms with Crippen LogP contribution < -0.4 is 0 Å². The highest BCUT2D eigenvalue weighted by atomic mass is 16.5. The first kappa shape index (κ1) is 15.3. The van der Waals surface area contributed by atoms with Gasteiger partial charge >= 0.3 is 5.97 Å². The third kappa shape index (κ3) is 4.45. The summed E-state index contributed by atoms with van der Waals surface area (Å²) in [4.78, 5) is 24.5. The van der Waals surface area contributed by atoms with Gasteiger partial charge in [-0.25, -0.2) is 0 Å². The normalized spacial score (nSPS) is 24.0. The largest absolute Gasteiger partial charge is 0.481 e. The van der Waals surface area contributed by atoms with Gasteiger partial charge < -0.3 is 19.5 Å². The second-order valence-corrected chi connectivity index (χ2v) is 5.45. The van der Waals surface area contributed by atoms with Crippen LogP contribution >= 0.6 is 0 Å². The predicted molar refractivity (Wildman–Crippen MR) is 71.3 cm³/mol. The van der Waals surface area contributed by atoms with Crippen LogP contribution in [0.2, 0.25) is 0 Å². The maximum atomic E-state index is 11.9. The quantitative estimate of drug-likeness (QED) is 0.734. The van der Waals surface area contributed by atoms with E-state index in [1.165, 1.54) is 0 Å². The lowest BCUT2D eigenvalue weighted by molar-refractivity contribution is -0.146. The van der Waals surface area contributed by atoms with Crippen molar-refractivity contribution in [2.75, 3.05) is 32.9 Å². The van der Waals surface area contributed by atoms with Gasteiger partial charge in [0.15, 0.2) is 0 Å². The number of hydrogen-bond donors (Lipinski definition) is 1. The van der Waals surface area contributed by atoms with Crippen LogP contribution in [0.4, 0.5) is 0 Å². The van der Waals surface area contributed by atoms with Crippen LogP contribution in [0.25, 0.3) is 0 Å². The van der Waals surface area contributed by atoms with E-state index >= 15 is 0 Å². The Morgan fingerprint density at radius 3 is 2.60 bits per heavy atom. The first-order valence-corrected chi connectivity index (χ1v) is 7.36. The lowest BCUT2D eigenvalue weighted by atomic mass is 9.97. The topological polar surface area (TPSA) is 76.1 Å². The molecule has 1 atom stereocenters. The molecule has 20 heavy (non-hydrogen) atoms. The molecular formula is C14H23NO5. The van der Waals surface area contributed by atoms with Crippen LogP contribution in [-0.4, -0.2) is 60.9 Å². The third-order valence-corrected chi connectivity index (χ3v) is 3.98. The number of aliphatic carboxylic acids is 1. The molecular weight excluding hydrogens is 262 g/mol. The molecule has 0 aromatic carbocycles. The maximum Gasteiger partial charge on any atom is 0.306 e. The molecule has 0 spiro atoms. The van der Waals surface area contributed by atoms with Crippen molar-refractivity contribution in [1.29, 1.82) is 0 Å². The smallest absolute Gasteiger partial charge is 0.306 e. The van der Waals surface area contributed by atoms with Crippen molar-refractivity contribution in [2.24, 2.45) is 5.92 Å². The summed E-state index contributed by atoms with van der Waals surface area (Å²) in [5, 5.41) is 8.90. The highest BCUT2D eigenvalue weighted by Gasteiger charge is 2.26. The first-order valence-electron chi connectivity index (χ1n) is 7.36. The van der Waals surface area contributed by atoms with E-state index in [0.29, 0.717) is 45.6 Å². The predicted octanol–water partition coefficient (Wildman–Crippen LogP) is 0.895. The summed E-state index contributed by atoms with van der Waals surface area (Å²) >= 11 is 0. The molecule has 0 saturated carbocycles. The zero-order chi connectivity index (χ0) is 14.4. The van der Waals surface area contributed by atoms with E-state index in [2.05, 4.69) is 0 Å². The highest BCUT2D eigenvalue weighted by molar-refractivity contribution is 5.77. The van der Waals surface area contributed by atoms with Crippen LogP contribution in [0.3, 0.4) is 0 Å². The molecule has 2 heterocycles. The van der Waals surface area contributed by atoms with Crippen LogP contribution in [-0.2, 0) is 19.1 Å². The molecule has 0 aromatic rings. The Morgan fingerprint density at radius 2 is 2.00 bits per heavy atom. The third-order valence-electron chi connectivity index (χ3n) is 3.98. The Labute approximate surface area is 119 Å². The molecule has 2 saturated heterocycles. The zero-order valence-electron chi connectivity index (χ0n) is 11.8. The minimum absolute atomic E-state index is 0.0566. The number of likely N-dealkylation sites (tertiary alicyclic amines) is 1. The summed E-state index contributed by atoms with van der Waals surface area (Å²) in [6, 6.07) is 0. The fourth-order valence-corrected chi connectivity index (χ4v) is 2.68. The fourth-order valence-electron chi connectivity index (χ4n) is 2.68. The molecule has 2 aliphatic heterocycles. The number of rotatable bonds is 6. The highest BCUT2D eigenvalue weighted by Crippen LogP contribution is 2.18. The van der Waals surface area contributed by atoms with Gasteiger partial charge in [-0.3, -0.25) is 9.59 Å². The second-order valence-electron chi connectivity index (χ2n) is 5.45. The molecule has 0 aliphatic carbocycles.